The van der Waals surface area contributed by atoms with Gasteiger partial charge in [0.15, 0.2) is 0 Å². The molecule has 1 atom stereocenters. The van der Waals surface area contributed by atoms with Crippen molar-refractivity contribution in [1.82, 2.24) is 14.5 Å². The minimum atomic E-state index is -3.40. The van der Waals surface area contributed by atoms with Gasteiger partial charge >= 0.3 is 0 Å². The van der Waals surface area contributed by atoms with E-state index in [-0.39, 0.29) is 17.1 Å². The molecule has 0 aromatic rings. The van der Waals surface area contributed by atoms with Gasteiger partial charge in [0.2, 0.25) is 15.9 Å². The molecule has 0 saturated carbocycles. The summed E-state index contributed by atoms with van der Waals surface area (Å²) in [6, 6.07) is -0.622. The number of hydrogen-bond donors (Lipinski definition) is 1. The summed E-state index contributed by atoms with van der Waals surface area (Å²) in [4.78, 5) is 13.6. The lowest BCUT2D eigenvalue weighted by Gasteiger charge is -2.36. The molecule has 118 valence electrons. The third kappa shape index (κ3) is 4.71. The molecular weight excluding hydrogens is 278 g/mol. The lowest BCUT2D eigenvalue weighted by molar-refractivity contribution is -0.133. The molecule has 1 N–H and O–H groups in total. The maximum Gasteiger partial charge on any atom is 0.241 e. The zero-order valence-electron chi connectivity index (χ0n) is 13.1. The van der Waals surface area contributed by atoms with Gasteiger partial charge in [-0.25, -0.2) is 8.42 Å². The Morgan fingerprint density at radius 3 is 2.45 bits per heavy atom. The second-order valence-corrected chi connectivity index (χ2v) is 8.73. The fourth-order valence-corrected chi connectivity index (χ4v) is 4.11. The average molecular weight is 305 g/mol. The van der Waals surface area contributed by atoms with Crippen molar-refractivity contribution in [1.29, 1.82) is 0 Å². The van der Waals surface area contributed by atoms with E-state index in [1.54, 1.807) is 14.1 Å². The minimum absolute atomic E-state index is 0.0395. The van der Waals surface area contributed by atoms with Crippen LogP contribution in [0.25, 0.3) is 0 Å². The topological polar surface area (TPSA) is 69.7 Å². The third-order valence-electron chi connectivity index (χ3n) is 3.39. The summed E-state index contributed by atoms with van der Waals surface area (Å²) < 4.78 is 26.4. The van der Waals surface area contributed by atoms with Crippen LogP contribution in [0.2, 0.25) is 0 Å². The fraction of sp³-hybridized carbons (Fsp3) is 0.923. The average Bonchev–Trinajstić information content (AvgIpc) is 2.35. The van der Waals surface area contributed by atoms with E-state index in [4.69, 9.17) is 0 Å². The number of likely N-dealkylation sites (N-methyl/N-ethyl adjacent to an activating group) is 1. The van der Waals surface area contributed by atoms with Gasteiger partial charge in [0.1, 0.15) is 6.04 Å². The van der Waals surface area contributed by atoms with Crippen molar-refractivity contribution < 1.29 is 13.2 Å². The summed E-state index contributed by atoms with van der Waals surface area (Å²) in [5.74, 6) is -0.0789. The minimum Gasteiger partial charge on any atom is -0.347 e. The van der Waals surface area contributed by atoms with Crippen LogP contribution in [0.1, 0.15) is 27.2 Å². The first kappa shape index (κ1) is 17.4. The number of carbonyl (C=O) groups is 1. The van der Waals surface area contributed by atoms with Crippen molar-refractivity contribution in [2.24, 2.45) is 5.41 Å². The van der Waals surface area contributed by atoms with E-state index in [1.807, 2.05) is 20.8 Å². The Morgan fingerprint density at radius 2 is 1.95 bits per heavy atom. The van der Waals surface area contributed by atoms with E-state index >= 15 is 0 Å². The molecule has 1 rings (SSSR count). The van der Waals surface area contributed by atoms with E-state index in [0.717, 1.165) is 0 Å². The largest absolute Gasteiger partial charge is 0.347 e. The standard InChI is InChI=1S/C13H27N3O3S/c1-13(2,3)6-9-20(18,19)16-8-7-14-10-11(16)12(17)15(4)5/h11,14H,6-10H2,1-5H3. The molecule has 6 nitrogen and oxygen atoms in total. The zero-order chi connectivity index (χ0) is 15.6. The van der Waals surface area contributed by atoms with Gasteiger partial charge in [-0.3, -0.25) is 4.79 Å². The van der Waals surface area contributed by atoms with Gasteiger partial charge in [0.25, 0.3) is 0 Å². The summed E-state index contributed by atoms with van der Waals surface area (Å²) in [5, 5.41) is 3.09. The van der Waals surface area contributed by atoms with Gasteiger partial charge in [0, 0.05) is 33.7 Å². The summed E-state index contributed by atoms with van der Waals surface area (Å²) in [5.41, 5.74) is -0.0395. The first-order chi connectivity index (χ1) is 9.04. The molecule has 1 heterocycles. The molecule has 0 spiro atoms. The molecule has 20 heavy (non-hydrogen) atoms. The van der Waals surface area contributed by atoms with Crippen LogP contribution >= 0.6 is 0 Å². The van der Waals surface area contributed by atoms with Gasteiger partial charge in [0.05, 0.1) is 5.75 Å². The van der Waals surface area contributed by atoms with E-state index in [9.17, 15) is 13.2 Å². The Bertz CT molecular complexity index is 440. The number of carbonyl (C=O) groups excluding carboxylic acids is 1. The second-order valence-electron chi connectivity index (χ2n) is 6.69. The van der Waals surface area contributed by atoms with Crippen LogP contribution in [-0.4, -0.2) is 69.1 Å². The van der Waals surface area contributed by atoms with Crippen molar-refractivity contribution in [3.05, 3.63) is 0 Å². The number of amides is 1. The van der Waals surface area contributed by atoms with Crippen LogP contribution in [-0.2, 0) is 14.8 Å². The van der Waals surface area contributed by atoms with Crippen LogP contribution in [0.15, 0.2) is 0 Å². The van der Waals surface area contributed by atoms with E-state index in [1.165, 1.54) is 9.21 Å². The summed E-state index contributed by atoms with van der Waals surface area (Å²) in [6.45, 7) is 7.38. The first-order valence-electron chi connectivity index (χ1n) is 6.96. The predicted molar refractivity (Wildman–Crippen MR) is 79.9 cm³/mol. The molecule has 1 aliphatic heterocycles. The van der Waals surface area contributed by atoms with E-state index in [0.29, 0.717) is 26.1 Å². The lowest BCUT2D eigenvalue weighted by Crippen LogP contribution is -2.59. The molecule has 0 bridgehead atoms. The molecule has 0 aromatic carbocycles. The van der Waals surface area contributed by atoms with Gasteiger partial charge in [-0.05, 0) is 11.8 Å². The van der Waals surface area contributed by atoms with E-state index in [2.05, 4.69) is 5.32 Å². The Balaban J connectivity index is 2.86. The number of rotatable bonds is 4. The Kier molecular flexibility index (Phi) is 5.57. The summed E-state index contributed by atoms with van der Waals surface area (Å²) in [6.07, 6.45) is 0.585. The number of hydrogen-bond acceptors (Lipinski definition) is 4. The number of nitrogens with one attached hydrogen (secondary N) is 1. The molecule has 1 amide bonds. The predicted octanol–water partition coefficient (Wildman–Crippen LogP) is 0.114. The van der Waals surface area contributed by atoms with Crippen molar-refractivity contribution >= 4 is 15.9 Å². The normalized spacial score (nSPS) is 21.8. The van der Waals surface area contributed by atoms with Crippen molar-refractivity contribution in [2.75, 3.05) is 39.5 Å². The summed E-state index contributed by atoms with van der Waals surface area (Å²) >= 11 is 0. The lowest BCUT2D eigenvalue weighted by atomic mass is 9.94. The fourth-order valence-electron chi connectivity index (χ4n) is 2.08. The van der Waals surface area contributed by atoms with Gasteiger partial charge in [-0.15, -0.1) is 0 Å². The van der Waals surface area contributed by atoms with Crippen LogP contribution in [0.4, 0.5) is 0 Å². The van der Waals surface area contributed by atoms with Crippen molar-refractivity contribution in [3.8, 4) is 0 Å². The van der Waals surface area contributed by atoms with Crippen LogP contribution in [0.3, 0.4) is 0 Å². The number of piperazine rings is 1. The molecule has 0 aliphatic carbocycles. The third-order valence-corrected chi connectivity index (χ3v) is 5.26. The Labute approximate surface area is 122 Å². The number of sulfonamides is 1. The highest BCUT2D eigenvalue weighted by molar-refractivity contribution is 7.89. The smallest absolute Gasteiger partial charge is 0.241 e. The Morgan fingerprint density at radius 1 is 1.35 bits per heavy atom. The molecule has 1 saturated heterocycles. The van der Waals surface area contributed by atoms with Crippen LogP contribution in [0, 0.1) is 5.41 Å². The highest BCUT2D eigenvalue weighted by Crippen LogP contribution is 2.22. The van der Waals surface area contributed by atoms with Crippen molar-refractivity contribution in [3.63, 3.8) is 0 Å². The molecule has 0 aromatic heterocycles. The highest BCUT2D eigenvalue weighted by atomic mass is 32.2. The second kappa shape index (κ2) is 6.41. The van der Waals surface area contributed by atoms with Crippen LogP contribution in [0.5, 0.6) is 0 Å². The highest BCUT2D eigenvalue weighted by Gasteiger charge is 2.37. The maximum atomic E-state index is 12.5. The summed E-state index contributed by atoms with van der Waals surface area (Å²) in [7, 11) is -0.0990. The zero-order valence-corrected chi connectivity index (χ0v) is 14.0. The van der Waals surface area contributed by atoms with Crippen molar-refractivity contribution in [2.45, 2.75) is 33.2 Å². The maximum absolute atomic E-state index is 12.5. The molecule has 1 aliphatic rings. The molecule has 0 radical (unpaired) electrons. The van der Waals surface area contributed by atoms with Crippen LogP contribution < -0.4 is 5.32 Å². The van der Waals surface area contributed by atoms with E-state index < -0.39 is 16.1 Å². The molecular formula is C13H27N3O3S. The SMILES string of the molecule is CN(C)C(=O)C1CNCCN1S(=O)(=O)CCC(C)(C)C. The monoisotopic (exact) mass is 305 g/mol. The Hall–Kier alpha value is -0.660. The quantitative estimate of drug-likeness (QED) is 0.800. The van der Waals surface area contributed by atoms with Gasteiger partial charge in [-0.2, -0.15) is 4.31 Å². The van der Waals surface area contributed by atoms with Gasteiger partial charge < -0.3 is 10.2 Å². The number of nitrogens with zero attached hydrogens (tertiary/aromatic N) is 2. The molecule has 1 fully saturated rings. The molecule has 1 unspecified atom stereocenters. The molecule has 7 heteroatoms. The first-order valence-corrected chi connectivity index (χ1v) is 8.57. The van der Waals surface area contributed by atoms with Gasteiger partial charge in [-0.1, -0.05) is 20.8 Å².